The van der Waals surface area contributed by atoms with E-state index < -0.39 is 17.6 Å². The number of methoxy groups -OCH3 is 3. The van der Waals surface area contributed by atoms with E-state index in [1.807, 2.05) is 0 Å². The van der Waals surface area contributed by atoms with E-state index in [0.29, 0.717) is 17.2 Å². The predicted molar refractivity (Wildman–Crippen MR) is 104 cm³/mol. The molecular formula is C20H18N2O8. The number of fused-ring (bicyclic) bond motifs is 2. The zero-order valence-electron chi connectivity index (χ0n) is 16.4. The Morgan fingerprint density at radius 1 is 1.03 bits per heavy atom. The lowest BCUT2D eigenvalue weighted by Crippen LogP contribution is -2.37. The Kier molecular flexibility index (Phi) is 4.82. The molecule has 0 aromatic heterocycles. The number of nitrogens with one attached hydrogen (secondary N) is 1. The van der Waals surface area contributed by atoms with Crippen molar-refractivity contribution in [3.8, 4) is 28.7 Å². The second-order valence-electron chi connectivity index (χ2n) is 6.38. The van der Waals surface area contributed by atoms with Crippen LogP contribution >= 0.6 is 0 Å². The van der Waals surface area contributed by atoms with Crippen molar-refractivity contribution in [3.63, 3.8) is 0 Å². The number of Topliss-reactive ketones (excluding diaryl/α,β-unsaturated/α-hetero) is 1. The molecule has 2 heterocycles. The van der Waals surface area contributed by atoms with Crippen molar-refractivity contribution in [2.24, 2.45) is 0 Å². The van der Waals surface area contributed by atoms with Crippen LogP contribution < -0.4 is 33.9 Å². The highest BCUT2D eigenvalue weighted by molar-refractivity contribution is 6.53. The summed E-state index contributed by atoms with van der Waals surface area (Å²) in [6.07, 6.45) is 0. The quantitative estimate of drug-likeness (QED) is 0.710. The number of carbonyl (C=O) groups is 3. The van der Waals surface area contributed by atoms with Gasteiger partial charge in [-0.3, -0.25) is 19.3 Å². The van der Waals surface area contributed by atoms with Gasteiger partial charge in [0, 0.05) is 17.8 Å². The number of carbonyl (C=O) groups excluding carboxylic acids is 3. The van der Waals surface area contributed by atoms with Crippen LogP contribution in [0.1, 0.15) is 10.4 Å². The summed E-state index contributed by atoms with van der Waals surface area (Å²) in [4.78, 5) is 38.8. The first-order valence-electron chi connectivity index (χ1n) is 8.87. The van der Waals surface area contributed by atoms with Gasteiger partial charge in [-0.15, -0.1) is 0 Å². The third kappa shape index (κ3) is 3.02. The summed E-state index contributed by atoms with van der Waals surface area (Å²) >= 11 is 0. The molecule has 0 aliphatic carbocycles. The van der Waals surface area contributed by atoms with Crippen molar-refractivity contribution in [1.29, 1.82) is 0 Å². The molecule has 10 nitrogen and oxygen atoms in total. The average Bonchev–Trinajstić information content (AvgIpc) is 3.30. The van der Waals surface area contributed by atoms with Gasteiger partial charge in [-0.2, -0.15) is 0 Å². The second kappa shape index (κ2) is 7.47. The predicted octanol–water partition coefficient (Wildman–Crippen LogP) is 1.61. The maximum absolute atomic E-state index is 12.6. The minimum absolute atomic E-state index is 0.0241. The summed E-state index contributed by atoms with van der Waals surface area (Å²) < 4.78 is 26.4. The van der Waals surface area contributed by atoms with Crippen molar-refractivity contribution in [2.75, 3.05) is 44.9 Å². The lowest BCUT2D eigenvalue weighted by molar-refractivity contribution is -0.118. The smallest absolute Gasteiger partial charge is 0.300 e. The number of hydrogen-bond acceptors (Lipinski definition) is 8. The van der Waals surface area contributed by atoms with Crippen LogP contribution in [-0.2, 0) is 9.59 Å². The van der Waals surface area contributed by atoms with Gasteiger partial charge in [0.25, 0.3) is 11.7 Å². The van der Waals surface area contributed by atoms with Crippen LogP contribution in [0.4, 0.5) is 11.4 Å². The Hall–Kier alpha value is -3.95. The largest absolute Gasteiger partial charge is 0.493 e. The van der Waals surface area contributed by atoms with Gasteiger partial charge in [0.1, 0.15) is 6.54 Å². The number of amides is 2. The van der Waals surface area contributed by atoms with Gasteiger partial charge in [0.2, 0.25) is 18.4 Å². The Bertz CT molecular complexity index is 1070. The maximum atomic E-state index is 12.6. The van der Waals surface area contributed by atoms with E-state index in [1.165, 1.54) is 27.4 Å². The van der Waals surface area contributed by atoms with Gasteiger partial charge in [-0.05, 0) is 12.1 Å². The maximum Gasteiger partial charge on any atom is 0.300 e. The van der Waals surface area contributed by atoms with Crippen molar-refractivity contribution < 1.29 is 38.1 Å². The summed E-state index contributed by atoms with van der Waals surface area (Å²) in [5.74, 6) is -0.538. The molecule has 2 aliphatic rings. The fourth-order valence-corrected chi connectivity index (χ4v) is 3.39. The van der Waals surface area contributed by atoms with Crippen molar-refractivity contribution in [2.45, 2.75) is 0 Å². The van der Waals surface area contributed by atoms with Gasteiger partial charge < -0.3 is 29.0 Å². The summed E-state index contributed by atoms with van der Waals surface area (Å²) in [6, 6.07) is 6.39. The molecule has 1 N–H and O–H groups in total. The third-order valence-corrected chi connectivity index (χ3v) is 4.72. The van der Waals surface area contributed by atoms with Crippen LogP contribution in [0.5, 0.6) is 28.7 Å². The molecule has 4 rings (SSSR count). The monoisotopic (exact) mass is 414 g/mol. The SMILES string of the molecule is COc1cc2c(c(OC)c1OC)C(=O)C(=O)N2CC(=O)Nc1ccc2c(c1)OCO2. The number of ketones is 1. The number of rotatable bonds is 6. The fourth-order valence-electron chi connectivity index (χ4n) is 3.39. The molecule has 0 saturated heterocycles. The van der Waals surface area contributed by atoms with Gasteiger partial charge in [-0.1, -0.05) is 0 Å². The van der Waals surface area contributed by atoms with Crippen LogP contribution in [-0.4, -0.2) is 52.3 Å². The molecule has 0 unspecified atom stereocenters. The minimum Gasteiger partial charge on any atom is -0.493 e. The Morgan fingerprint density at radius 2 is 1.77 bits per heavy atom. The van der Waals surface area contributed by atoms with Crippen LogP contribution in [0.2, 0.25) is 0 Å². The summed E-state index contributed by atoms with van der Waals surface area (Å²) in [5.41, 5.74) is 0.698. The van der Waals surface area contributed by atoms with E-state index in [1.54, 1.807) is 18.2 Å². The molecule has 10 heteroatoms. The minimum atomic E-state index is -0.848. The first-order valence-corrected chi connectivity index (χ1v) is 8.87. The molecule has 2 amide bonds. The number of hydrogen-bond donors (Lipinski definition) is 1. The molecule has 30 heavy (non-hydrogen) atoms. The standard InChI is InChI=1S/C20H18N2O8/c1-26-14-7-11-16(19(28-3)18(14)27-2)17(24)20(25)22(11)8-15(23)21-10-4-5-12-13(6-10)30-9-29-12/h4-7H,8-9H2,1-3H3,(H,21,23). The van der Waals surface area contributed by atoms with E-state index in [4.69, 9.17) is 23.7 Å². The Labute approximate surface area is 171 Å². The lowest BCUT2D eigenvalue weighted by atomic mass is 10.1. The zero-order chi connectivity index (χ0) is 21.4. The highest BCUT2D eigenvalue weighted by Gasteiger charge is 2.42. The zero-order valence-corrected chi connectivity index (χ0v) is 16.4. The second-order valence-corrected chi connectivity index (χ2v) is 6.38. The highest BCUT2D eigenvalue weighted by Crippen LogP contribution is 2.48. The third-order valence-electron chi connectivity index (χ3n) is 4.72. The molecule has 0 spiro atoms. The lowest BCUT2D eigenvalue weighted by Gasteiger charge is -2.19. The fraction of sp³-hybridized carbons (Fsp3) is 0.250. The van der Waals surface area contributed by atoms with Gasteiger partial charge in [-0.25, -0.2) is 0 Å². The summed E-state index contributed by atoms with van der Waals surface area (Å²) in [7, 11) is 4.16. The van der Waals surface area contributed by atoms with Crippen molar-refractivity contribution in [1.82, 2.24) is 0 Å². The molecule has 0 atom stereocenters. The van der Waals surface area contributed by atoms with E-state index in [2.05, 4.69) is 5.32 Å². The number of anilines is 2. The van der Waals surface area contributed by atoms with E-state index in [-0.39, 0.29) is 41.8 Å². The van der Waals surface area contributed by atoms with Crippen molar-refractivity contribution in [3.05, 3.63) is 29.8 Å². The highest BCUT2D eigenvalue weighted by atomic mass is 16.7. The molecule has 0 saturated carbocycles. The number of ether oxygens (including phenoxy) is 5. The number of nitrogens with zero attached hydrogens (tertiary/aromatic N) is 1. The van der Waals surface area contributed by atoms with Crippen LogP contribution in [0.3, 0.4) is 0 Å². The molecule has 0 bridgehead atoms. The normalized spacial score (nSPS) is 13.9. The first-order chi connectivity index (χ1) is 14.5. The Balaban J connectivity index is 1.62. The van der Waals surface area contributed by atoms with E-state index in [9.17, 15) is 14.4 Å². The van der Waals surface area contributed by atoms with E-state index >= 15 is 0 Å². The molecule has 0 fully saturated rings. The summed E-state index contributed by atoms with van der Waals surface area (Å²) in [6.45, 7) is -0.272. The molecule has 2 aromatic carbocycles. The molecule has 156 valence electrons. The van der Waals surface area contributed by atoms with Crippen LogP contribution in [0, 0.1) is 0 Å². The molecule has 0 radical (unpaired) electrons. The molecule has 2 aromatic rings. The summed E-state index contributed by atoms with van der Waals surface area (Å²) in [5, 5.41) is 2.68. The van der Waals surface area contributed by atoms with Gasteiger partial charge in [0.05, 0.1) is 32.6 Å². The molecular weight excluding hydrogens is 396 g/mol. The van der Waals surface area contributed by atoms with Gasteiger partial charge in [0.15, 0.2) is 23.0 Å². The molecule has 2 aliphatic heterocycles. The van der Waals surface area contributed by atoms with E-state index in [0.717, 1.165) is 4.90 Å². The van der Waals surface area contributed by atoms with Crippen LogP contribution in [0.15, 0.2) is 24.3 Å². The average molecular weight is 414 g/mol. The first kappa shape index (κ1) is 19.4. The van der Waals surface area contributed by atoms with Gasteiger partial charge >= 0.3 is 0 Å². The van der Waals surface area contributed by atoms with Crippen LogP contribution in [0.25, 0.3) is 0 Å². The van der Waals surface area contributed by atoms with Crippen molar-refractivity contribution >= 4 is 29.0 Å². The number of benzene rings is 2. The Morgan fingerprint density at radius 3 is 2.47 bits per heavy atom. The topological polar surface area (TPSA) is 113 Å².